The van der Waals surface area contributed by atoms with Crippen LogP contribution in [0.1, 0.15) is 13.8 Å². The molecule has 0 amide bonds. The van der Waals surface area contributed by atoms with E-state index in [0.717, 1.165) is 91.6 Å². The molecule has 2 saturated heterocycles. The number of ether oxygens (including phenoxy) is 2. The molecule has 0 aromatic rings. The Bertz CT molecular complexity index is 348. The zero-order valence-corrected chi connectivity index (χ0v) is 17.6. The van der Waals surface area contributed by atoms with Crippen LogP contribution in [-0.2, 0) is 9.47 Å². The van der Waals surface area contributed by atoms with Gasteiger partial charge < -0.3 is 20.9 Å². The van der Waals surface area contributed by atoms with Crippen molar-refractivity contribution < 1.29 is 9.47 Å². The van der Waals surface area contributed by atoms with Gasteiger partial charge in [0, 0.05) is 91.6 Å². The topological polar surface area (TPSA) is 83.5 Å². The van der Waals surface area contributed by atoms with Gasteiger partial charge in [0.15, 0.2) is 5.79 Å². The summed E-state index contributed by atoms with van der Waals surface area (Å²) in [6, 6.07) is 0. The van der Waals surface area contributed by atoms with E-state index in [2.05, 4.69) is 19.6 Å². The molecule has 27 heavy (non-hydrogen) atoms. The van der Waals surface area contributed by atoms with Crippen LogP contribution < -0.4 is 11.5 Å². The van der Waals surface area contributed by atoms with Crippen LogP contribution in [0.3, 0.4) is 0 Å². The molecular formula is C19H42N6O2. The second-order valence-corrected chi connectivity index (χ2v) is 8.04. The molecule has 0 saturated carbocycles. The molecule has 4 N–H and O–H groups in total. The van der Waals surface area contributed by atoms with E-state index in [0.29, 0.717) is 13.2 Å². The molecule has 2 aliphatic rings. The highest BCUT2D eigenvalue weighted by Crippen LogP contribution is 2.12. The molecule has 8 nitrogen and oxygen atoms in total. The lowest BCUT2D eigenvalue weighted by Gasteiger charge is -2.36. The molecule has 2 fully saturated rings. The van der Waals surface area contributed by atoms with Gasteiger partial charge in [-0.1, -0.05) is 0 Å². The van der Waals surface area contributed by atoms with Crippen molar-refractivity contribution in [1.82, 2.24) is 19.6 Å². The molecule has 0 aromatic heterocycles. The minimum Gasteiger partial charge on any atom is -0.349 e. The third-order valence-electron chi connectivity index (χ3n) is 5.53. The van der Waals surface area contributed by atoms with E-state index in [1.54, 1.807) is 0 Å². The Labute approximate surface area is 165 Å². The summed E-state index contributed by atoms with van der Waals surface area (Å²) in [6.07, 6.45) is 0. The van der Waals surface area contributed by atoms with Gasteiger partial charge in [-0.05, 0) is 13.8 Å². The lowest BCUT2D eigenvalue weighted by Crippen LogP contribution is -2.49. The van der Waals surface area contributed by atoms with E-state index in [4.69, 9.17) is 20.9 Å². The molecule has 2 aliphatic heterocycles. The lowest BCUT2D eigenvalue weighted by atomic mass is 10.3. The Balaban J connectivity index is 1.51. The van der Waals surface area contributed by atoms with Gasteiger partial charge >= 0.3 is 0 Å². The first kappa shape index (κ1) is 23.0. The fraction of sp³-hybridized carbons (Fsp3) is 1.00. The summed E-state index contributed by atoms with van der Waals surface area (Å²) in [4.78, 5) is 9.79. The molecule has 0 aromatic carbocycles. The summed E-state index contributed by atoms with van der Waals surface area (Å²) in [6.45, 7) is 19.7. The molecule has 0 aliphatic carbocycles. The molecule has 8 heteroatoms. The summed E-state index contributed by atoms with van der Waals surface area (Å²) in [7, 11) is 0. The average Bonchev–Trinajstić information content (AvgIpc) is 2.65. The molecule has 0 radical (unpaired) electrons. The zero-order valence-electron chi connectivity index (χ0n) is 17.6. The number of piperazine rings is 2. The van der Waals surface area contributed by atoms with Crippen LogP contribution in [0.2, 0.25) is 0 Å². The van der Waals surface area contributed by atoms with E-state index in [1.807, 2.05) is 13.8 Å². The molecule has 2 heterocycles. The van der Waals surface area contributed by atoms with Gasteiger partial charge in [0.2, 0.25) is 0 Å². The SMILES string of the molecule is CC(C)(OCCN1CCN(CCN)CC1)OCCN1CCN(CCN)CC1. The first-order chi connectivity index (χ1) is 13.0. The molecule has 0 spiro atoms. The van der Waals surface area contributed by atoms with E-state index in [1.165, 1.54) is 0 Å². The minimum absolute atomic E-state index is 0.525. The fourth-order valence-electron chi connectivity index (χ4n) is 3.72. The molecule has 160 valence electrons. The summed E-state index contributed by atoms with van der Waals surface area (Å²) in [5.74, 6) is -0.525. The standard InChI is InChI=1S/C19H42N6O2/c1-19(2,26-17-15-24-11-7-22(5-3-20)8-12-24)27-18-16-25-13-9-23(6-4-21)10-14-25/h3-18,20-21H2,1-2H3. The first-order valence-electron chi connectivity index (χ1n) is 10.6. The largest absolute Gasteiger partial charge is 0.349 e. The molecule has 0 atom stereocenters. The number of nitrogens with zero attached hydrogens (tertiary/aromatic N) is 4. The van der Waals surface area contributed by atoms with Crippen molar-refractivity contribution in [3.05, 3.63) is 0 Å². The Kier molecular flexibility index (Phi) is 10.4. The normalized spacial score (nSPS) is 21.8. The molecule has 0 unspecified atom stereocenters. The molecule has 0 bridgehead atoms. The summed E-state index contributed by atoms with van der Waals surface area (Å²) >= 11 is 0. The smallest absolute Gasteiger partial charge is 0.162 e. The van der Waals surface area contributed by atoms with E-state index in [9.17, 15) is 0 Å². The van der Waals surface area contributed by atoms with Gasteiger partial charge in [-0.2, -0.15) is 0 Å². The number of hydrogen-bond acceptors (Lipinski definition) is 8. The van der Waals surface area contributed by atoms with Gasteiger partial charge in [0.25, 0.3) is 0 Å². The Morgan fingerprint density at radius 2 is 0.889 bits per heavy atom. The van der Waals surface area contributed by atoms with Crippen LogP contribution in [0.5, 0.6) is 0 Å². The zero-order chi connectivity index (χ0) is 19.5. The van der Waals surface area contributed by atoms with Crippen molar-refractivity contribution in [1.29, 1.82) is 0 Å². The summed E-state index contributed by atoms with van der Waals surface area (Å²) in [5, 5.41) is 0. The Hall–Kier alpha value is -0.320. The van der Waals surface area contributed by atoms with Gasteiger partial charge in [0.1, 0.15) is 0 Å². The van der Waals surface area contributed by atoms with Crippen LogP contribution in [0.25, 0.3) is 0 Å². The number of nitrogens with two attached hydrogens (primary N) is 2. The predicted octanol–water partition coefficient (Wildman–Crippen LogP) is -1.09. The average molecular weight is 387 g/mol. The van der Waals surface area contributed by atoms with Crippen LogP contribution in [0.15, 0.2) is 0 Å². The van der Waals surface area contributed by atoms with E-state index in [-0.39, 0.29) is 0 Å². The fourth-order valence-corrected chi connectivity index (χ4v) is 3.72. The second-order valence-electron chi connectivity index (χ2n) is 8.04. The van der Waals surface area contributed by atoms with Crippen molar-refractivity contribution >= 4 is 0 Å². The highest BCUT2D eigenvalue weighted by molar-refractivity contribution is 4.73. The maximum atomic E-state index is 6.01. The van der Waals surface area contributed by atoms with Gasteiger partial charge in [0.05, 0.1) is 13.2 Å². The van der Waals surface area contributed by atoms with Crippen molar-refractivity contribution in [3.8, 4) is 0 Å². The van der Waals surface area contributed by atoms with Gasteiger partial charge in [-0.3, -0.25) is 19.6 Å². The third-order valence-corrected chi connectivity index (χ3v) is 5.53. The van der Waals surface area contributed by atoms with Crippen LogP contribution in [0, 0.1) is 0 Å². The van der Waals surface area contributed by atoms with Crippen molar-refractivity contribution in [2.75, 3.05) is 105 Å². The monoisotopic (exact) mass is 386 g/mol. The Morgan fingerprint density at radius 3 is 1.19 bits per heavy atom. The number of rotatable bonds is 12. The predicted molar refractivity (Wildman–Crippen MR) is 110 cm³/mol. The minimum atomic E-state index is -0.525. The summed E-state index contributed by atoms with van der Waals surface area (Å²) < 4.78 is 12.0. The lowest BCUT2D eigenvalue weighted by molar-refractivity contribution is -0.216. The summed E-state index contributed by atoms with van der Waals surface area (Å²) in [5.41, 5.74) is 11.3. The van der Waals surface area contributed by atoms with Crippen LogP contribution in [0.4, 0.5) is 0 Å². The van der Waals surface area contributed by atoms with E-state index >= 15 is 0 Å². The van der Waals surface area contributed by atoms with Crippen molar-refractivity contribution in [2.24, 2.45) is 11.5 Å². The van der Waals surface area contributed by atoms with E-state index < -0.39 is 5.79 Å². The van der Waals surface area contributed by atoms with Crippen molar-refractivity contribution in [2.45, 2.75) is 19.6 Å². The third kappa shape index (κ3) is 9.15. The molecule has 2 rings (SSSR count). The maximum absolute atomic E-state index is 6.01. The highest BCUT2D eigenvalue weighted by Gasteiger charge is 2.22. The Morgan fingerprint density at radius 1 is 0.593 bits per heavy atom. The quantitative estimate of drug-likeness (QED) is 0.410. The van der Waals surface area contributed by atoms with Crippen LogP contribution >= 0.6 is 0 Å². The van der Waals surface area contributed by atoms with Gasteiger partial charge in [-0.25, -0.2) is 0 Å². The maximum Gasteiger partial charge on any atom is 0.162 e. The van der Waals surface area contributed by atoms with Gasteiger partial charge in [-0.15, -0.1) is 0 Å². The molecular weight excluding hydrogens is 344 g/mol. The highest BCUT2D eigenvalue weighted by atomic mass is 16.7. The van der Waals surface area contributed by atoms with Crippen molar-refractivity contribution in [3.63, 3.8) is 0 Å². The van der Waals surface area contributed by atoms with Crippen LogP contribution in [-0.4, -0.2) is 130 Å². The second kappa shape index (κ2) is 12.3. The first-order valence-corrected chi connectivity index (χ1v) is 10.6. The number of hydrogen-bond donors (Lipinski definition) is 2.